The minimum Gasteiger partial charge on any atom is -0.335 e. The van der Waals surface area contributed by atoms with Gasteiger partial charge in [-0.15, -0.1) is 0 Å². The Morgan fingerprint density at radius 2 is 1.48 bits per heavy atom. The fourth-order valence-corrected chi connectivity index (χ4v) is 5.77. The minimum atomic E-state index is 0.753. The lowest BCUT2D eigenvalue weighted by Gasteiger charge is -2.34. The number of allylic oxidation sites excluding steroid dienone is 5. The molecule has 5 aromatic carbocycles. The molecule has 218 valence electrons. The van der Waals surface area contributed by atoms with Crippen LogP contribution in [0.4, 0.5) is 17.1 Å². The second-order valence-corrected chi connectivity index (χ2v) is 10.8. The van der Waals surface area contributed by atoms with E-state index in [0.717, 1.165) is 45.9 Å². The van der Waals surface area contributed by atoms with Crippen LogP contribution >= 0.6 is 0 Å². The summed E-state index contributed by atoms with van der Waals surface area (Å²) in [7, 11) is 0. The zero-order valence-corrected chi connectivity index (χ0v) is 26.3. The molecule has 1 aliphatic heterocycles. The van der Waals surface area contributed by atoms with E-state index in [0.29, 0.717) is 0 Å². The van der Waals surface area contributed by atoms with E-state index < -0.39 is 0 Å². The lowest BCUT2D eigenvalue weighted by molar-refractivity contribution is 0.963. The normalized spacial score (nSPS) is 12.5. The van der Waals surface area contributed by atoms with Crippen LogP contribution in [-0.2, 0) is 6.54 Å². The summed E-state index contributed by atoms with van der Waals surface area (Å²) in [4.78, 5) is 6.69. The Hall–Kier alpha value is -5.21. The molecule has 44 heavy (non-hydrogen) atoms. The van der Waals surface area contributed by atoms with Crippen molar-refractivity contribution >= 4 is 46.2 Å². The predicted molar refractivity (Wildman–Crippen MR) is 194 cm³/mol. The van der Waals surface area contributed by atoms with Crippen molar-refractivity contribution in [2.24, 2.45) is 4.99 Å². The Kier molecular flexibility index (Phi) is 9.21. The highest BCUT2D eigenvalue weighted by molar-refractivity contribution is 5.97. The minimum absolute atomic E-state index is 0.753. The van der Waals surface area contributed by atoms with Gasteiger partial charge >= 0.3 is 0 Å². The number of fused-ring (bicyclic) bond motifs is 4. The van der Waals surface area contributed by atoms with Gasteiger partial charge in [-0.2, -0.15) is 0 Å². The first-order valence-electron chi connectivity index (χ1n) is 15.2. The summed E-state index contributed by atoms with van der Waals surface area (Å²) in [5, 5.41) is 2.48. The molecule has 1 aliphatic rings. The molecule has 0 unspecified atom stereocenters. The third-order valence-electron chi connectivity index (χ3n) is 8.17. The quantitative estimate of drug-likeness (QED) is 0.140. The van der Waals surface area contributed by atoms with E-state index in [2.05, 4.69) is 147 Å². The number of hydrogen-bond donors (Lipinski definition) is 0. The first-order valence-corrected chi connectivity index (χ1v) is 15.2. The Bertz CT molecular complexity index is 1940. The molecule has 0 saturated carbocycles. The predicted octanol–water partition coefficient (Wildman–Crippen LogP) is 12.1. The highest BCUT2D eigenvalue weighted by Crippen LogP contribution is 2.47. The zero-order chi connectivity index (χ0) is 31.2. The number of benzene rings is 5. The Morgan fingerprint density at radius 1 is 0.795 bits per heavy atom. The number of aliphatic imine (C=N–C) groups is 1. The number of anilines is 2. The van der Waals surface area contributed by atoms with Crippen molar-refractivity contribution in [3.63, 3.8) is 0 Å². The number of nitrogens with zero attached hydrogens (tertiary/aromatic N) is 2. The average Bonchev–Trinajstić information content (AvgIpc) is 3.07. The van der Waals surface area contributed by atoms with Crippen LogP contribution in [0.3, 0.4) is 0 Å². The van der Waals surface area contributed by atoms with E-state index in [4.69, 9.17) is 0 Å². The summed E-state index contributed by atoms with van der Waals surface area (Å²) >= 11 is 0. The van der Waals surface area contributed by atoms with Gasteiger partial charge in [0.1, 0.15) is 0 Å². The van der Waals surface area contributed by atoms with Crippen molar-refractivity contribution in [3.8, 4) is 11.1 Å². The van der Waals surface area contributed by atoms with E-state index in [1.165, 1.54) is 38.6 Å². The van der Waals surface area contributed by atoms with Crippen LogP contribution in [0.5, 0.6) is 0 Å². The highest BCUT2D eigenvalue weighted by atomic mass is 15.2. The number of rotatable bonds is 7. The van der Waals surface area contributed by atoms with E-state index >= 15 is 0 Å². The molecule has 0 amide bonds. The van der Waals surface area contributed by atoms with Gasteiger partial charge in [0.2, 0.25) is 0 Å². The van der Waals surface area contributed by atoms with Crippen LogP contribution in [0.25, 0.3) is 33.5 Å². The lowest BCUT2D eigenvalue weighted by Crippen LogP contribution is -2.21. The molecular formula is C42H40N2. The first-order chi connectivity index (χ1) is 21.5. The van der Waals surface area contributed by atoms with Crippen molar-refractivity contribution in [1.29, 1.82) is 0 Å². The summed E-state index contributed by atoms with van der Waals surface area (Å²) in [6.45, 7) is 21.4. The molecule has 0 fully saturated rings. The van der Waals surface area contributed by atoms with E-state index in [-0.39, 0.29) is 0 Å². The van der Waals surface area contributed by atoms with E-state index in [1.807, 2.05) is 32.1 Å². The monoisotopic (exact) mass is 572 g/mol. The second kappa shape index (κ2) is 13.4. The fraction of sp³-hybridized carbons (Fsp3) is 0.119. The molecule has 1 heterocycles. The van der Waals surface area contributed by atoms with Crippen LogP contribution in [0.2, 0.25) is 0 Å². The van der Waals surface area contributed by atoms with Gasteiger partial charge in [0, 0.05) is 17.8 Å². The summed E-state index contributed by atoms with van der Waals surface area (Å²) in [5.74, 6) is 0. The number of aryl methyl sites for hydroxylation is 1. The summed E-state index contributed by atoms with van der Waals surface area (Å²) in [6, 6.07) is 36.5. The Balaban J connectivity index is 0.00000188. The largest absolute Gasteiger partial charge is 0.335 e. The Labute approximate surface area is 262 Å². The topological polar surface area (TPSA) is 15.6 Å². The third kappa shape index (κ3) is 5.98. The third-order valence-corrected chi connectivity index (χ3v) is 8.17. The molecule has 6 rings (SSSR count). The van der Waals surface area contributed by atoms with Crippen LogP contribution in [0.15, 0.2) is 145 Å². The fourth-order valence-electron chi connectivity index (χ4n) is 5.77. The molecule has 0 spiro atoms. The van der Waals surface area contributed by atoms with Crippen molar-refractivity contribution in [2.45, 2.75) is 34.2 Å². The van der Waals surface area contributed by atoms with Gasteiger partial charge in [-0.1, -0.05) is 106 Å². The SMILES string of the molecule is C=C/C(=C\C(=C)/C(C)=C/c1ccccc1C)c1ccc2c(c1)-c1cc3ccccc3cc1CN2c1ccccc1N=C.CC. The molecule has 2 nitrogen and oxygen atoms in total. The molecule has 0 saturated heterocycles. The molecule has 0 bridgehead atoms. The van der Waals surface area contributed by atoms with Crippen LogP contribution in [0, 0.1) is 6.92 Å². The molecule has 5 aromatic rings. The van der Waals surface area contributed by atoms with Gasteiger partial charge in [0.05, 0.1) is 11.4 Å². The summed E-state index contributed by atoms with van der Waals surface area (Å²) in [5.41, 5.74) is 13.5. The van der Waals surface area contributed by atoms with Crippen LogP contribution in [0.1, 0.15) is 43.0 Å². The van der Waals surface area contributed by atoms with Gasteiger partial charge in [-0.05, 0) is 118 Å². The summed E-state index contributed by atoms with van der Waals surface area (Å²) < 4.78 is 0. The molecule has 2 heteroatoms. The van der Waals surface area contributed by atoms with Gasteiger partial charge in [0.25, 0.3) is 0 Å². The van der Waals surface area contributed by atoms with Crippen molar-refractivity contribution in [1.82, 2.24) is 0 Å². The van der Waals surface area contributed by atoms with Crippen molar-refractivity contribution < 1.29 is 0 Å². The van der Waals surface area contributed by atoms with Crippen LogP contribution in [-0.4, -0.2) is 6.72 Å². The maximum Gasteiger partial charge on any atom is 0.0859 e. The Morgan fingerprint density at radius 3 is 2.20 bits per heavy atom. The molecule has 0 N–H and O–H groups in total. The average molecular weight is 573 g/mol. The summed E-state index contributed by atoms with van der Waals surface area (Å²) in [6.07, 6.45) is 6.26. The van der Waals surface area contributed by atoms with Crippen LogP contribution < -0.4 is 4.90 Å². The number of hydrogen-bond acceptors (Lipinski definition) is 2. The molecular weight excluding hydrogens is 532 g/mol. The maximum absolute atomic E-state index is 4.41. The highest BCUT2D eigenvalue weighted by Gasteiger charge is 2.25. The van der Waals surface area contributed by atoms with E-state index in [9.17, 15) is 0 Å². The molecule has 0 radical (unpaired) electrons. The van der Waals surface area contributed by atoms with Crippen molar-refractivity contribution in [3.05, 3.63) is 162 Å². The number of para-hydroxylation sites is 2. The lowest BCUT2D eigenvalue weighted by atomic mass is 9.88. The standard InChI is InChI=1S/C40H34N2.C2H6/c1-6-30(21-28(3)29(4)22-31-14-8-7-13-27(31)2)34-19-20-39-37(25-34)36-24-33-16-10-9-15-32(33)23-35(36)26-42(39)40-18-12-11-17-38(40)41-5;1-2/h6-25H,1,3,5,26H2,2,4H3;1-2H3/b29-22+,30-21+;. The maximum atomic E-state index is 4.41. The first kappa shape index (κ1) is 30.3. The van der Waals surface area contributed by atoms with Gasteiger partial charge < -0.3 is 4.90 Å². The molecule has 0 aliphatic carbocycles. The smallest absolute Gasteiger partial charge is 0.0859 e. The van der Waals surface area contributed by atoms with Gasteiger partial charge in [0.15, 0.2) is 0 Å². The van der Waals surface area contributed by atoms with Gasteiger partial charge in [-0.25, -0.2) is 0 Å². The second-order valence-electron chi connectivity index (χ2n) is 10.8. The van der Waals surface area contributed by atoms with E-state index in [1.54, 1.807) is 0 Å². The molecule has 0 atom stereocenters. The zero-order valence-electron chi connectivity index (χ0n) is 26.3. The van der Waals surface area contributed by atoms with Gasteiger partial charge in [-0.3, -0.25) is 4.99 Å². The van der Waals surface area contributed by atoms with Crippen molar-refractivity contribution in [2.75, 3.05) is 4.90 Å². The molecule has 0 aromatic heterocycles.